The van der Waals surface area contributed by atoms with Gasteiger partial charge < -0.3 is 9.32 Å². The molecule has 1 aromatic carbocycles. The Kier molecular flexibility index (Phi) is 5.95. The molecule has 2 aliphatic heterocycles. The van der Waals surface area contributed by atoms with Gasteiger partial charge in [-0.05, 0) is 67.2 Å². The Morgan fingerprint density at radius 3 is 2.16 bits per heavy atom. The lowest BCUT2D eigenvalue weighted by atomic mass is 9.82. The molecule has 1 aliphatic carbocycles. The Balaban J connectivity index is 1.25. The number of aromatic nitrogens is 5. The van der Waals surface area contributed by atoms with Crippen LogP contribution in [-0.4, -0.2) is 38.1 Å². The molecule has 13 heteroatoms. The SMILES string of the molecule is Cc1nnc(N2C[C@H]3CC[C@@H](C2)C3Cc2nc3n(n2)CCCC3c2cc(C(F)(F)F)cc(C(F)(F)F)c2)o1. The number of hydrogen-bond acceptors (Lipinski definition) is 6. The molecule has 2 fully saturated rings. The number of anilines is 1. The number of benzene rings is 1. The van der Waals surface area contributed by atoms with Crippen LogP contribution in [0, 0.1) is 24.7 Å². The van der Waals surface area contributed by atoms with Crippen LogP contribution in [0.4, 0.5) is 32.4 Å². The molecule has 2 aromatic heterocycles. The van der Waals surface area contributed by atoms with Crippen LogP contribution in [0.15, 0.2) is 22.6 Å². The third kappa shape index (κ3) is 4.64. The maximum atomic E-state index is 13.5. The summed E-state index contributed by atoms with van der Waals surface area (Å²) in [5, 5.41) is 12.7. The van der Waals surface area contributed by atoms with Gasteiger partial charge in [0.25, 0.3) is 0 Å². The molecule has 6 rings (SSSR count). The summed E-state index contributed by atoms with van der Waals surface area (Å²) in [6.45, 7) is 3.85. The average molecular weight is 541 g/mol. The Labute approximate surface area is 214 Å². The molecule has 0 radical (unpaired) electrons. The quantitative estimate of drug-likeness (QED) is 0.399. The predicted octanol–water partition coefficient (Wildman–Crippen LogP) is 5.64. The van der Waals surface area contributed by atoms with Gasteiger partial charge in [0.1, 0.15) is 5.82 Å². The first-order chi connectivity index (χ1) is 18.0. The van der Waals surface area contributed by atoms with Gasteiger partial charge in [0, 0.05) is 38.9 Å². The number of hydrogen-bond donors (Lipinski definition) is 0. The van der Waals surface area contributed by atoms with Crippen LogP contribution >= 0.6 is 0 Å². The molecule has 1 saturated carbocycles. The second kappa shape index (κ2) is 8.98. The van der Waals surface area contributed by atoms with Crippen molar-refractivity contribution in [3.63, 3.8) is 0 Å². The highest BCUT2D eigenvalue weighted by Crippen LogP contribution is 2.45. The van der Waals surface area contributed by atoms with Gasteiger partial charge in [-0.3, -0.25) is 0 Å². The third-order valence-corrected chi connectivity index (χ3v) is 8.16. The van der Waals surface area contributed by atoms with Crippen molar-refractivity contribution in [3.8, 4) is 0 Å². The van der Waals surface area contributed by atoms with E-state index in [-0.39, 0.29) is 11.6 Å². The van der Waals surface area contributed by atoms with E-state index in [1.165, 1.54) is 0 Å². The fourth-order valence-electron chi connectivity index (χ4n) is 6.43. The fraction of sp³-hybridized carbons (Fsp3) is 0.600. The number of fused-ring (bicyclic) bond motifs is 3. The van der Waals surface area contributed by atoms with Crippen molar-refractivity contribution in [1.29, 1.82) is 0 Å². The van der Waals surface area contributed by atoms with E-state index in [9.17, 15) is 26.3 Å². The van der Waals surface area contributed by atoms with Crippen molar-refractivity contribution in [1.82, 2.24) is 25.0 Å². The molecule has 38 heavy (non-hydrogen) atoms. The lowest BCUT2D eigenvalue weighted by Crippen LogP contribution is -2.43. The molecule has 2 bridgehead atoms. The zero-order valence-corrected chi connectivity index (χ0v) is 20.6. The van der Waals surface area contributed by atoms with E-state index in [2.05, 4.69) is 20.2 Å². The van der Waals surface area contributed by atoms with E-state index in [4.69, 9.17) is 9.40 Å². The van der Waals surface area contributed by atoms with Crippen molar-refractivity contribution in [2.24, 2.45) is 17.8 Å². The summed E-state index contributed by atoms with van der Waals surface area (Å²) in [7, 11) is 0. The Morgan fingerprint density at radius 1 is 0.921 bits per heavy atom. The number of alkyl halides is 6. The topological polar surface area (TPSA) is 72.9 Å². The maximum Gasteiger partial charge on any atom is 0.416 e. The summed E-state index contributed by atoms with van der Waals surface area (Å²) in [5.74, 6) is 1.96. The third-order valence-electron chi connectivity index (χ3n) is 8.16. The minimum atomic E-state index is -4.89. The normalized spacial score (nSPS) is 25.6. The zero-order valence-electron chi connectivity index (χ0n) is 20.6. The summed E-state index contributed by atoms with van der Waals surface area (Å²) in [5.41, 5.74) is -2.65. The van der Waals surface area contributed by atoms with Gasteiger partial charge in [-0.2, -0.15) is 31.4 Å². The first-order valence-electron chi connectivity index (χ1n) is 12.7. The molecule has 1 saturated heterocycles. The fourth-order valence-corrected chi connectivity index (χ4v) is 6.43. The summed E-state index contributed by atoms with van der Waals surface area (Å²) < 4.78 is 88.0. The van der Waals surface area contributed by atoms with E-state index < -0.39 is 29.4 Å². The molecule has 3 aromatic rings. The molecule has 4 heterocycles. The lowest BCUT2D eigenvalue weighted by Gasteiger charge is -2.36. The van der Waals surface area contributed by atoms with E-state index in [1.54, 1.807) is 11.6 Å². The smallest absolute Gasteiger partial charge is 0.408 e. The highest BCUT2D eigenvalue weighted by Gasteiger charge is 2.44. The summed E-state index contributed by atoms with van der Waals surface area (Å²) in [6.07, 6.45) is -6.06. The van der Waals surface area contributed by atoms with Gasteiger partial charge in [-0.15, -0.1) is 5.10 Å². The van der Waals surface area contributed by atoms with Gasteiger partial charge in [0.2, 0.25) is 5.89 Å². The van der Waals surface area contributed by atoms with Crippen LogP contribution in [0.3, 0.4) is 0 Å². The van der Waals surface area contributed by atoms with Crippen LogP contribution in [0.1, 0.15) is 65.8 Å². The van der Waals surface area contributed by atoms with Crippen molar-refractivity contribution in [3.05, 3.63) is 52.4 Å². The van der Waals surface area contributed by atoms with Crippen molar-refractivity contribution >= 4 is 6.01 Å². The molecule has 0 N–H and O–H groups in total. The number of nitrogens with zero attached hydrogens (tertiary/aromatic N) is 6. The lowest BCUT2D eigenvalue weighted by molar-refractivity contribution is -0.143. The Hall–Kier alpha value is -3.12. The van der Waals surface area contributed by atoms with E-state index >= 15 is 0 Å². The van der Waals surface area contributed by atoms with Gasteiger partial charge in [0.15, 0.2) is 5.82 Å². The van der Waals surface area contributed by atoms with Crippen molar-refractivity contribution in [2.45, 2.75) is 63.8 Å². The second-order valence-corrected chi connectivity index (χ2v) is 10.6. The van der Waals surface area contributed by atoms with E-state index in [0.717, 1.165) is 38.1 Å². The molecular formula is C25H26F6N6O. The van der Waals surface area contributed by atoms with Gasteiger partial charge in [-0.25, -0.2) is 9.67 Å². The standard InChI is InChI=1S/C25H26F6N6O/c1-13-33-34-23(38-13)36-11-14-4-5-15(12-36)20(14)10-21-32-22-19(3-2-6-37(22)35-21)16-7-17(24(26,27)28)9-18(8-16)25(29,30)31/h7-9,14-15,19-20H,2-6,10-12H2,1H3/t14-,15+,19?,20?. The largest absolute Gasteiger partial charge is 0.416 e. The van der Waals surface area contributed by atoms with E-state index in [0.29, 0.717) is 67.1 Å². The van der Waals surface area contributed by atoms with E-state index in [1.807, 2.05) is 0 Å². The van der Waals surface area contributed by atoms with Gasteiger partial charge in [0.05, 0.1) is 11.1 Å². The van der Waals surface area contributed by atoms with Crippen LogP contribution in [0.5, 0.6) is 0 Å². The van der Waals surface area contributed by atoms with Crippen LogP contribution in [0.2, 0.25) is 0 Å². The number of rotatable bonds is 4. The summed E-state index contributed by atoms with van der Waals surface area (Å²) >= 11 is 0. The first kappa shape index (κ1) is 25.2. The first-order valence-corrected chi connectivity index (χ1v) is 12.7. The Bertz CT molecular complexity index is 1280. The highest BCUT2D eigenvalue weighted by molar-refractivity contribution is 5.38. The van der Waals surface area contributed by atoms with Crippen molar-refractivity contribution in [2.75, 3.05) is 18.0 Å². The molecular weight excluding hydrogens is 514 g/mol. The average Bonchev–Trinajstić information content (AvgIpc) is 3.52. The molecule has 0 amide bonds. The van der Waals surface area contributed by atoms with Gasteiger partial charge >= 0.3 is 18.4 Å². The summed E-state index contributed by atoms with van der Waals surface area (Å²) in [4.78, 5) is 6.82. The molecule has 7 nitrogen and oxygen atoms in total. The van der Waals surface area contributed by atoms with Crippen molar-refractivity contribution < 1.29 is 30.8 Å². The Morgan fingerprint density at radius 2 is 1.58 bits per heavy atom. The van der Waals surface area contributed by atoms with Crippen LogP contribution in [0.25, 0.3) is 0 Å². The number of halogens is 6. The monoisotopic (exact) mass is 540 g/mol. The summed E-state index contributed by atoms with van der Waals surface area (Å²) in [6, 6.07) is 2.33. The highest BCUT2D eigenvalue weighted by atomic mass is 19.4. The molecule has 3 aliphatic rings. The zero-order chi connectivity index (χ0) is 26.8. The van der Waals surface area contributed by atoms with Gasteiger partial charge in [-0.1, -0.05) is 5.10 Å². The molecule has 2 unspecified atom stereocenters. The predicted molar refractivity (Wildman–Crippen MR) is 122 cm³/mol. The van der Waals surface area contributed by atoms with Crippen LogP contribution in [-0.2, 0) is 25.3 Å². The maximum absolute atomic E-state index is 13.5. The second-order valence-electron chi connectivity index (χ2n) is 10.6. The van der Waals surface area contributed by atoms with Crippen LogP contribution < -0.4 is 4.90 Å². The minimum Gasteiger partial charge on any atom is -0.408 e. The molecule has 0 spiro atoms. The number of piperidine rings is 1. The molecule has 4 atom stereocenters. The minimum absolute atomic E-state index is 0.0321. The number of aryl methyl sites for hydroxylation is 2. The molecule has 204 valence electrons.